The second-order valence-electron chi connectivity index (χ2n) is 25.6. The fourth-order valence-electron chi connectivity index (χ4n) is 10.0. The lowest BCUT2D eigenvalue weighted by Crippen LogP contribution is -2.18. The van der Waals surface area contributed by atoms with E-state index in [-0.39, 0.29) is 81.4 Å². The number of phenols is 8. The van der Waals surface area contributed by atoms with Crippen molar-refractivity contribution in [2.45, 2.75) is 34.6 Å². The van der Waals surface area contributed by atoms with Crippen LogP contribution < -0.4 is 42.0 Å². The van der Waals surface area contributed by atoms with Crippen molar-refractivity contribution < 1.29 is 79.1 Å². The summed E-state index contributed by atoms with van der Waals surface area (Å²) in [6.45, 7) is 9.37. The van der Waals surface area contributed by atoms with Gasteiger partial charge in [-0.25, -0.2) is 32.6 Å². The van der Waals surface area contributed by atoms with E-state index in [1.165, 1.54) is 100 Å². The quantitative estimate of drug-likeness (QED) is 0.0249. The lowest BCUT2D eigenvalue weighted by molar-refractivity contribution is 0.0946. The molecule has 0 saturated carbocycles. The number of hydrazone groups is 6. The first kappa shape index (κ1) is 94.1. The molecule has 0 aliphatic carbocycles. The summed E-state index contributed by atoms with van der Waals surface area (Å²) in [6, 6.07) is 70.8. The molecule has 0 fully saturated rings. The second-order valence-corrected chi connectivity index (χ2v) is 28.3. The van der Waals surface area contributed by atoms with Gasteiger partial charge in [0, 0.05) is 84.4 Å². The average Bonchev–Trinajstić information content (AvgIpc) is 0.873. The number of carbonyl (C=O) groups excluding carboxylic acids is 6. The van der Waals surface area contributed by atoms with Crippen molar-refractivity contribution in [1.29, 1.82) is 0 Å². The molecule has 0 aliphatic heterocycles. The number of halogens is 3. The smallest absolute Gasteiger partial charge is 0.271 e. The van der Waals surface area contributed by atoms with Crippen LogP contribution in [0.5, 0.6) is 57.5 Å². The maximum absolute atomic E-state index is 11.9. The number of aryl methyl sites for hydroxylation is 5. The highest BCUT2D eigenvalue weighted by Crippen LogP contribution is 2.28. The normalized spacial score (nSPS) is 10.6. The summed E-state index contributed by atoms with van der Waals surface area (Å²) in [5.74, 6) is -0.622. The average molecular weight is 1840 g/mol. The van der Waals surface area contributed by atoms with Crippen LogP contribution in [0.2, 0.25) is 0 Å². The Kier molecular flexibility index (Phi) is 37.5. The molecule has 12 aromatic carbocycles. The van der Waals surface area contributed by atoms with Crippen molar-refractivity contribution in [3.63, 3.8) is 0 Å². The maximum Gasteiger partial charge on any atom is 0.271 e. The van der Waals surface area contributed by atoms with Crippen molar-refractivity contribution >= 4 is 121 Å². The van der Waals surface area contributed by atoms with Gasteiger partial charge in [0.25, 0.3) is 35.4 Å². The number of aromatic hydroxyl groups is 8. The van der Waals surface area contributed by atoms with Crippen LogP contribution in [-0.2, 0) is 0 Å². The molecular weight excluding hydrogens is 1760 g/mol. The van der Waals surface area contributed by atoms with Crippen molar-refractivity contribution in [3.05, 3.63) is 363 Å². The van der Waals surface area contributed by atoms with Gasteiger partial charge in [-0.05, 0) is 240 Å². The predicted octanol–water partition coefficient (Wildman–Crippen LogP) is 16.2. The number of hydrogen-bond donors (Lipinski definition) is 14. The molecule has 0 spiro atoms. The fourth-order valence-corrected chi connectivity index (χ4v) is 11.2. The first-order valence-electron chi connectivity index (χ1n) is 36.3. The molecule has 12 rings (SSSR count). The zero-order valence-corrected chi connectivity index (χ0v) is 71.1. The van der Waals surface area contributed by atoms with Crippen LogP contribution in [0.15, 0.2) is 299 Å². The van der Waals surface area contributed by atoms with Gasteiger partial charge >= 0.3 is 0 Å². The molecule has 122 heavy (non-hydrogen) atoms. The fraction of sp³-hybridized carbons (Fsp3) is 0.0769. The summed E-state index contributed by atoms with van der Waals surface area (Å²) in [4.78, 5) is 71.2. The van der Waals surface area contributed by atoms with E-state index in [9.17, 15) is 59.4 Å². The summed E-state index contributed by atoms with van der Waals surface area (Å²) in [6.07, 6.45) is 8.39. The van der Waals surface area contributed by atoms with E-state index in [2.05, 4.69) is 111 Å². The Morgan fingerprint density at radius 1 is 0.287 bits per heavy atom. The minimum atomic E-state index is -0.330. The molecule has 0 radical (unpaired) electrons. The SMILES string of the molecule is COc1ccc(/C=N/NC(=O)c2cccc(C)c2)c(O)c1.COc1ccc(/C=N/NC(=O)c2ccccc2C)c(O)c1.Cc1cccc(C(=O)N/N=C/c2ccc(O)cc2O)c1.Cc1ccccc1C(=O)N/N=C/c1ccc(O)c(Br)c1.Cc1ccccc1C(=O)N/N=C/c1ccc(O)cc1O.O=C(N/N=C/c1ccc(O)c(Br)c1)c1cccc(Br)c1. The van der Waals surface area contributed by atoms with E-state index >= 15 is 0 Å². The third-order valence-electron chi connectivity index (χ3n) is 16.5. The Balaban J connectivity index is 0.000000201. The third kappa shape index (κ3) is 31.4. The molecular formula is C91H83Br3N12O16. The molecule has 0 heterocycles. The number of phenolic OH excluding ortho intramolecular Hbond substituents is 8. The first-order valence-corrected chi connectivity index (χ1v) is 38.7. The van der Waals surface area contributed by atoms with Crippen molar-refractivity contribution in [1.82, 2.24) is 32.6 Å². The number of ether oxygens (including phenoxy) is 2. The molecule has 624 valence electrons. The highest BCUT2D eigenvalue weighted by molar-refractivity contribution is 9.11. The molecule has 31 heteroatoms. The van der Waals surface area contributed by atoms with Gasteiger partial charge in [0.15, 0.2) is 0 Å². The number of nitrogens with zero attached hydrogens (tertiary/aromatic N) is 6. The van der Waals surface area contributed by atoms with Crippen molar-refractivity contribution in [3.8, 4) is 57.5 Å². The van der Waals surface area contributed by atoms with E-state index in [1.807, 2.05) is 101 Å². The summed E-state index contributed by atoms with van der Waals surface area (Å²) in [5, 5.41) is 98.7. The molecule has 0 aliphatic rings. The Morgan fingerprint density at radius 2 is 0.582 bits per heavy atom. The van der Waals surface area contributed by atoms with Gasteiger partial charge in [-0.2, -0.15) is 30.6 Å². The molecule has 0 aromatic heterocycles. The third-order valence-corrected chi connectivity index (χ3v) is 18.3. The number of methoxy groups -OCH3 is 2. The molecule has 0 unspecified atom stereocenters. The van der Waals surface area contributed by atoms with Crippen LogP contribution in [0.25, 0.3) is 0 Å². The summed E-state index contributed by atoms with van der Waals surface area (Å²) >= 11 is 9.72. The molecule has 14 N–H and O–H groups in total. The molecule has 28 nitrogen and oxygen atoms in total. The van der Waals surface area contributed by atoms with Crippen LogP contribution in [0.4, 0.5) is 0 Å². The Bertz CT molecular complexity index is 5860. The Labute approximate surface area is 727 Å². The summed E-state index contributed by atoms with van der Waals surface area (Å²) in [5.41, 5.74) is 25.7. The minimum Gasteiger partial charge on any atom is -0.508 e. The molecule has 0 atom stereocenters. The first-order chi connectivity index (χ1) is 58.5. The lowest BCUT2D eigenvalue weighted by Gasteiger charge is -2.04. The van der Waals surface area contributed by atoms with Gasteiger partial charge in [-0.15, -0.1) is 0 Å². The number of hydrogen-bond acceptors (Lipinski definition) is 22. The van der Waals surface area contributed by atoms with E-state index in [0.717, 1.165) is 43.4 Å². The molecule has 6 amide bonds. The van der Waals surface area contributed by atoms with Crippen molar-refractivity contribution in [2.75, 3.05) is 14.2 Å². The van der Waals surface area contributed by atoms with Crippen LogP contribution in [0.3, 0.4) is 0 Å². The zero-order chi connectivity index (χ0) is 88.6. The van der Waals surface area contributed by atoms with Gasteiger partial charge in [-0.1, -0.05) is 112 Å². The van der Waals surface area contributed by atoms with Crippen LogP contribution in [0, 0.1) is 34.6 Å². The largest absolute Gasteiger partial charge is 0.508 e. The van der Waals surface area contributed by atoms with Crippen molar-refractivity contribution in [2.24, 2.45) is 30.6 Å². The number of amides is 6. The Hall–Kier alpha value is -15.1. The minimum absolute atomic E-state index is 0.0305. The van der Waals surface area contributed by atoms with Gasteiger partial charge in [0.1, 0.15) is 57.5 Å². The van der Waals surface area contributed by atoms with E-state index in [4.69, 9.17) is 19.7 Å². The standard InChI is InChI=1S/2C16H16N2O3.C15H13BrN2O2.2C15H14N2O3.C14H10Br2N2O2/c1-11-4-3-5-12(8-11)16(20)18-17-10-13-6-7-14(21-2)9-15(13)19;1-11-5-3-4-6-14(11)16(20)18-17-10-12-7-8-13(21-2)9-15(12)19;1-10-4-2-3-5-12(10)15(20)18-17-9-11-6-7-14(19)13(16)8-11;1-10-3-2-4-11(7-10)15(20)17-16-9-12-5-6-13(18)8-14(12)19;1-10-4-2-3-5-13(10)15(20)17-16-9-11-6-7-12(18)8-14(11)19;15-11-3-1-2-10(7-11)14(20)18-17-8-9-4-5-13(19)12(16)6-9/h2*3-10,19H,1-2H3,(H,18,20);2-9,19H,1H3,(H,18,20);2*2-9,18-19H,1H3,(H,17,20);1-8,19H,(H,18,20)/b2*17-10+;17-9+;2*16-9+;17-8+. The second kappa shape index (κ2) is 48.6. The van der Waals surface area contributed by atoms with Crippen LogP contribution >= 0.6 is 47.8 Å². The highest BCUT2D eigenvalue weighted by Gasteiger charge is 2.13. The lowest BCUT2D eigenvalue weighted by atomic mass is 10.1. The summed E-state index contributed by atoms with van der Waals surface area (Å²) in [7, 11) is 3.04. The summed E-state index contributed by atoms with van der Waals surface area (Å²) < 4.78 is 12.0. The number of rotatable bonds is 20. The number of benzene rings is 12. The zero-order valence-electron chi connectivity index (χ0n) is 66.4. The molecule has 0 bridgehead atoms. The monoisotopic (exact) mass is 1840 g/mol. The van der Waals surface area contributed by atoms with Crippen LogP contribution in [-0.4, -0.2) is 128 Å². The highest BCUT2D eigenvalue weighted by atomic mass is 79.9. The van der Waals surface area contributed by atoms with Gasteiger partial charge in [0.05, 0.1) is 60.5 Å². The van der Waals surface area contributed by atoms with Gasteiger partial charge in [-0.3, -0.25) is 28.8 Å². The van der Waals surface area contributed by atoms with Crippen LogP contribution in [0.1, 0.15) is 123 Å². The number of carbonyl (C=O) groups is 6. The topological polar surface area (TPSA) is 429 Å². The molecule has 0 saturated heterocycles. The maximum atomic E-state index is 11.9. The van der Waals surface area contributed by atoms with E-state index in [1.54, 1.807) is 140 Å². The Morgan fingerprint density at radius 3 is 0.877 bits per heavy atom. The predicted molar refractivity (Wildman–Crippen MR) is 481 cm³/mol. The van der Waals surface area contributed by atoms with Gasteiger partial charge < -0.3 is 50.3 Å². The number of nitrogens with one attached hydrogen (secondary N) is 6. The molecule has 12 aromatic rings. The van der Waals surface area contributed by atoms with Gasteiger partial charge in [0.2, 0.25) is 0 Å². The van der Waals surface area contributed by atoms with E-state index < -0.39 is 0 Å². The van der Waals surface area contributed by atoms with E-state index in [0.29, 0.717) is 76.1 Å².